The summed E-state index contributed by atoms with van der Waals surface area (Å²) in [6.45, 7) is 10.4. The summed E-state index contributed by atoms with van der Waals surface area (Å²) in [4.78, 5) is 5.09. The Labute approximate surface area is 106 Å². The van der Waals surface area contributed by atoms with Gasteiger partial charge in [-0.05, 0) is 71.6 Å². The van der Waals surface area contributed by atoms with Gasteiger partial charge in [-0.2, -0.15) is 0 Å². The number of rotatable bonds is 4. The molecule has 2 atom stereocenters. The number of piperidine rings is 1. The molecule has 0 aromatic carbocycles. The first-order chi connectivity index (χ1) is 8.16. The minimum Gasteiger partial charge on any atom is -0.392 e. The topological polar surface area (TPSA) is 26.7 Å². The van der Waals surface area contributed by atoms with Crippen molar-refractivity contribution in [3.63, 3.8) is 0 Å². The van der Waals surface area contributed by atoms with E-state index in [1.54, 1.807) is 0 Å². The van der Waals surface area contributed by atoms with Crippen LogP contribution in [0, 0.1) is 5.92 Å². The predicted molar refractivity (Wildman–Crippen MR) is 71.1 cm³/mol. The van der Waals surface area contributed by atoms with Crippen LogP contribution in [-0.2, 0) is 0 Å². The molecule has 1 N–H and O–H groups in total. The van der Waals surface area contributed by atoms with Crippen LogP contribution in [0.2, 0.25) is 0 Å². The molecule has 2 unspecified atom stereocenters. The molecule has 2 aliphatic heterocycles. The number of hydrogen-bond donors (Lipinski definition) is 1. The Kier molecular flexibility index (Phi) is 4.83. The van der Waals surface area contributed by atoms with Crippen LogP contribution < -0.4 is 0 Å². The molecule has 0 bridgehead atoms. The summed E-state index contributed by atoms with van der Waals surface area (Å²) in [6, 6.07) is 0.322. The maximum atomic E-state index is 9.62. The molecule has 2 heterocycles. The van der Waals surface area contributed by atoms with E-state index < -0.39 is 0 Å². The molecule has 0 aliphatic carbocycles. The number of aliphatic hydroxyl groups excluding tert-OH is 1. The molecule has 0 radical (unpaired) electrons. The Bertz CT molecular complexity index is 218. The third-order valence-electron chi connectivity index (χ3n) is 4.64. The summed E-state index contributed by atoms with van der Waals surface area (Å²) >= 11 is 0. The summed E-state index contributed by atoms with van der Waals surface area (Å²) in [7, 11) is 0. The minimum atomic E-state index is -0.204. The molecule has 17 heavy (non-hydrogen) atoms. The lowest BCUT2D eigenvalue weighted by Gasteiger charge is -2.38. The summed E-state index contributed by atoms with van der Waals surface area (Å²) in [5.74, 6) is 0.894. The molecule has 0 aromatic heterocycles. The van der Waals surface area contributed by atoms with Crippen LogP contribution in [0.4, 0.5) is 0 Å². The van der Waals surface area contributed by atoms with E-state index in [0.29, 0.717) is 6.04 Å². The zero-order valence-electron chi connectivity index (χ0n) is 11.4. The van der Waals surface area contributed by atoms with Gasteiger partial charge in [0.05, 0.1) is 6.10 Å². The van der Waals surface area contributed by atoms with Crippen LogP contribution in [0.1, 0.15) is 39.5 Å². The molecule has 2 rings (SSSR count). The largest absolute Gasteiger partial charge is 0.392 e. The van der Waals surface area contributed by atoms with Crippen molar-refractivity contribution in [3.05, 3.63) is 0 Å². The molecule has 0 spiro atoms. The highest BCUT2D eigenvalue weighted by Crippen LogP contribution is 2.22. The summed E-state index contributed by atoms with van der Waals surface area (Å²) in [5.41, 5.74) is 0. The molecule has 3 nitrogen and oxygen atoms in total. The molecule has 100 valence electrons. The Morgan fingerprint density at radius 3 is 2.18 bits per heavy atom. The number of hydrogen-bond acceptors (Lipinski definition) is 3. The zero-order chi connectivity index (χ0) is 12.3. The van der Waals surface area contributed by atoms with Crippen molar-refractivity contribution >= 4 is 0 Å². The lowest BCUT2D eigenvalue weighted by Crippen LogP contribution is -2.46. The predicted octanol–water partition coefficient (Wildman–Crippen LogP) is 1.56. The molecular weight excluding hydrogens is 212 g/mol. The van der Waals surface area contributed by atoms with Gasteiger partial charge in [0.15, 0.2) is 0 Å². The van der Waals surface area contributed by atoms with E-state index in [-0.39, 0.29) is 6.10 Å². The van der Waals surface area contributed by atoms with Gasteiger partial charge in [0.2, 0.25) is 0 Å². The molecule has 0 saturated carbocycles. The van der Waals surface area contributed by atoms with E-state index in [4.69, 9.17) is 0 Å². The summed E-state index contributed by atoms with van der Waals surface area (Å²) in [5, 5.41) is 9.62. The van der Waals surface area contributed by atoms with Crippen LogP contribution in [0.5, 0.6) is 0 Å². The Morgan fingerprint density at radius 1 is 1.06 bits per heavy atom. The van der Waals surface area contributed by atoms with E-state index in [1.165, 1.54) is 58.4 Å². The second kappa shape index (κ2) is 6.17. The molecule has 2 saturated heterocycles. The van der Waals surface area contributed by atoms with E-state index in [0.717, 1.165) is 5.92 Å². The third-order valence-corrected chi connectivity index (χ3v) is 4.64. The fraction of sp³-hybridized carbons (Fsp3) is 1.00. The first-order valence-electron chi connectivity index (χ1n) is 7.31. The number of nitrogens with zero attached hydrogens (tertiary/aromatic N) is 2. The lowest BCUT2D eigenvalue weighted by molar-refractivity contribution is 0.0439. The summed E-state index contributed by atoms with van der Waals surface area (Å²) < 4.78 is 0. The quantitative estimate of drug-likeness (QED) is 0.808. The molecule has 2 fully saturated rings. The first kappa shape index (κ1) is 13.3. The first-order valence-corrected chi connectivity index (χ1v) is 7.31. The van der Waals surface area contributed by atoms with Gasteiger partial charge < -0.3 is 10.0 Å². The Hall–Kier alpha value is -0.120. The second-order valence-corrected chi connectivity index (χ2v) is 5.97. The van der Waals surface area contributed by atoms with Gasteiger partial charge in [0.25, 0.3) is 0 Å². The average Bonchev–Trinajstić information content (AvgIpc) is 2.82. The smallest absolute Gasteiger partial charge is 0.0664 e. The molecule has 2 aliphatic rings. The highest BCUT2D eigenvalue weighted by Gasteiger charge is 2.26. The SMILES string of the molecule is CC(O)C(C)N1CCC(CN2CCCC2)CC1. The minimum absolute atomic E-state index is 0.204. The maximum absolute atomic E-state index is 9.62. The van der Waals surface area contributed by atoms with Gasteiger partial charge in [0.1, 0.15) is 0 Å². The van der Waals surface area contributed by atoms with Crippen LogP contribution >= 0.6 is 0 Å². The van der Waals surface area contributed by atoms with Crippen molar-refractivity contribution in [2.45, 2.75) is 51.7 Å². The van der Waals surface area contributed by atoms with Gasteiger partial charge in [0, 0.05) is 12.6 Å². The van der Waals surface area contributed by atoms with E-state index in [2.05, 4.69) is 16.7 Å². The van der Waals surface area contributed by atoms with Gasteiger partial charge in [-0.25, -0.2) is 0 Å². The van der Waals surface area contributed by atoms with Crippen molar-refractivity contribution in [3.8, 4) is 0 Å². The average molecular weight is 240 g/mol. The van der Waals surface area contributed by atoms with Crippen LogP contribution in [0.15, 0.2) is 0 Å². The molecule has 3 heteroatoms. The van der Waals surface area contributed by atoms with Crippen LogP contribution in [0.25, 0.3) is 0 Å². The van der Waals surface area contributed by atoms with Crippen molar-refractivity contribution in [2.24, 2.45) is 5.92 Å². The van der Waals surface area contributed by atoms with Gasteiger partial charge in [-0.15, -0.1) is 0 Å². The van der Waals surface area contributed by atoms with Crippen LogP contribution in [-0.4, -0.2) is 59.8 Å². The molecule has 0 aromatic rings. The monoisotopic (exact) mass is 240 g/mol. The van der Waals surface area contributed by atoms with Crippen LogP contribution in [0.3, 0.4) is 0 Å². The van der Waals surface area contributed by atoms with Crippen molar-refractivity contribution in [1.29, 1.82) is 0 Å². The van der Waals surface area contributed by atoms with E-state index >= 15 is 0 Å². The Balaban J connectivity index is 1.70. The van der Waals surface area contributed by atoms with E-state index in [9.17, 15) is 5.11 Å². The molecule has 0 amide bonds. The lowest BCUT2D eigenvalue weighted by atomic mass is 9.94. The van der Waals surface area contributed by atoms with Gasteiger partial charge in [-0.1, -0.05) is 0 Å². The molecular formula is C14H28N2O. The highest BCUT2D eigenvalue weighted by molar-refractivity contribution is 4.81. The number of aliphatic hydroxyl groups is 1. The van der Waals surface area contributed by atoms with Gasteiger partial charge in [-0.3, -0.25) is 4.90 Å². The standard InChI is InChI=1S/C14H28N2O/c1-12(13(2)17)16-9-5-14(6-10-16)11-15-7-3-4-8-15/h12-14,17H,3-11H2,1-2H3. The highest BCUT2D eigenvalue weighted by atomic mass is 16.3. The van der Waals surface area contributed by atoms with Crippen molar-refractivity contribution < 1.29 is 5.11 Å². The fourth-order valence-corrected chi connectivity index (χ4v) is 3.18. The Morgan fingerprint density at radius 2 is 1.65 bits per heavy atom. The fourth-order valence-electron chi connectivity index (χ4n) is 3.18. The summed E-state index contributed by atoms with van der Waals surface area (Å²) in [6.07, 6.45) is 5.22. The second-order valence-electron chi connectivity index (χ2n) is 5.97. The van der Waals surface area contributed by atoms with E-state index in [1.807, 2.05) is 6.92 Å². The third kappa shape index (κ3) is 3.67. The number of likely N-dealkylation sites (tertiary alicyclic amines) is 2. The maximum Gasteiger partial charge on any atom is 0.0664 e. The van der Waals surface area contributed by atoms with Crippen molar-refractivity contribution in [2.75, 3.05) is 32.7 Å². The van der Waals surface area contributed by atoms with Crippen molar-refractivity contribution in [1.82, 2.24) is 9.80 Å². The zero-order valence-corrected chi connectivity index (χ0v) is 11.4. The normalized spacial score (nSPS) is 28.4. The van der Waals surface area contributed by atoms with Gasteiger partial charge >= 0.3 is 0 Å².